The molecule has 4 heterocycles. The zero-order chi connectivity index (χ0) is 25.6. The lowest BCUT2D eigenvalue weighted by Gasteiger charge is -2.26. The second kappa shape index (κ2) is 11.9. The maximum Gasteiger partial charge on any atom is 0.255 e. The van der Waals surface area contributed by atoms with E-state index in [0.29, 0.717) is 45.8 Å². The summed E-state index contributed by atoms with van der Waals surface area (Å²) in [5.41, 5.74) is 2.03. The highest BCUT2D eigenvalue weighted by atomic mass is 35.5. The van der Waals surface area contributed by atoms with E-state index in [-0.39, 0.29) is 11.3 Å². The molecule has 8 nitrogen and oxygen atoms in total. The van der Waals surface area contributed by atoms with Crippen LogP contribution in [0.5, 0.6) is 5.75 Å². The van der Waals surface area contributed by atoms with Crippen LogP contribution in [0.15, 0.2) is 65.7 Å². The third-order valence-electron chi connectivity index (χ3n) is 6.40. The smallest absolute Gasteiger partial charge is 0.255 e. The number of ketones is 1. The van der Waals surface area contributed by atoms with Crippen LogP contribution in [0.4, 0.5) is 0 Å². The number of thiophene rings is 1. The van der Waals surface area contributed by atoms with Crippen molar-refractivity contribution in [2.75, 3.05) is 26.2 Å². The maximum absolute atomic E-state index is 12.5. The van der Waals surface area contributed by atoms with Crippen LogP contribution in [0, 0.1) is 0 Å². The zero-order valence-corrected chi connectivity index (χ0v) is 22.0. The summed E-state index contributed by atoms with van der Waals surface area (Å²) in [6.07, 6.45) is 8.08. The van der Waals surface area contributed by atoms with Gasteiger partial charge in [-0.25, -0.2) is 4.68 Å². The normalized spacial score (nSPS) is 14.1. The van der Waals surface area contributed by atoms with Crippen LogP contribution >= 0.6 is 22.9 Å². The molecular formula is C27H28ClN5O3S. The summed E-state index contributed by atoms with van der Waals surface area (Å²) in [6.45, 7) is 3.56. The Balaban J connectivity index is 1.34. The molecule has 3 aromatic heterocycles. The van der Waals surface area contributed by atoms with Crippen LogP contribution in [0.2, 0.25) is 4.34 Å². The molecule has 1 aliphatic rings. The number of benzene rings is 1. The molecule has 10 heteroatoms. The van der Waals surface area contributed by atoms with E-state index in [4.69, 9.17) is 16.3 Å². The largest absolute Gasteiger partial charge is 0.490 e. The lowest BCUT2D eigenvalue weighted by Crippen LogP contribution is -2.33. The van der Waals surface area contributed by atoms with Gasteiger partial charge >= 0.3 is 0 Å². The number of halogens is 1. The monoisotopic (exact) mass is 537 g/mol. The van der Waals surface area contributed by atoms with E-state index in [2.05, 4.69) is 15.2 Å². The highest BCUT2D eigenvalue weighted by Crippen LogP contribution is 2.27. The highest BCUT2D eigenvalue weighted by Gasteiger charge is 2.15. The number of aryl methyl sites for hydroxylation is 1. The molecule has 1 saturated heterocycles. The van der Waals surface area contributed by atoms with E-state index in [1.165, 1.54) is 36.7 Å². The summed E-state index contributed by atoms with van der Waals surface area (Å²) in [7, 11) is 0. The van der Waals surface area contributed by atoms with Gasteiger partial charge in [0.05, 0.1) is 26.8 Å². The molecule has 0 atom stereocenters. The number of carbonyl (C=O) groups is 1. The van der Waals surface area contributed by atoms with Crippen LogP contribution < -0.4 is 10.3 Å². The van der Waals surface area contributed by atoms with Gasteiger partial charge in [-0.2, -0.15) is 0 Å². The number of nitrogens with zero attached hydrogens (tertiary/aromatic N) is 5. The summed E-state index contributed by atoms with van der Waals surface area (Å²) in [6, 6.07) is 14.1. The summed E-state index contributed by atoms with van der Waals surface area (Å²) >= 11 is 7.24. The van der Waals surface area contributed by atoms with E-state index in [1.54, 1.807) is 33.6 Å². The average Bonchev–Trinajstić information content (AvgIpc) is 3.57. The first-order valence-electron chi connectivity index (χ1n) is 12.4. The van der Waals surface area contributed by atoms with E-state index in [0.717, 1.165) is 25.3 Å². The van der Waals surface area contributed by atoms with Crippen LogP contribution in [0.3, 0.4) is 0 Å². The van der Waals surface area contributed by atoms with Crippen LogP contribution in [0.25, 0.3) is 11.4 Å². The van der Waals surface area contributed by atoms with Crippen LogP contribution in [-0.4, -0.2) is 56.5 Å². The van der Waals surface area contributed by atoms with E-state index >= 15 is 0 Å². The van der Waals surface area contributed by atoms with Gasteiger partial charge in [0, 0.05) is 37.7 Å². The minimum Gasteiger partial charge on any atom is -0.490 e. The minimum atomic E-state index is -0.116. The fraction of sp³-hybridized carbons (Fsp3) is 0.333. The zero-order valence-electron chi connectivity index (χ0n) is 20.4. The van der Waals surface area contributed by atoms with Gasteiger partial charge in [-0.3, -0.25) is 19.1 Å². The average molecular weight is 538 g/mol. The first-order chi connectivity index (χ1) is 18.1. The molecule has 0 saturated carbocycles. The van der Waals surface area contributed by atoms with Gasteiger partial charge in [0.15, 0.2) is 5.78 Å². The Morgan fingerprint density at radius 2 is 1.95 bits per heavy atom. The topological polar surface area (TPSA) is 82.3 Å². The van der Waals surface area contributed by atoms with Gasteiger partial charge in [0.2, 0.25) is 0 Å². The van der Waals surface area contributed by atoms with Gasteiger partial charge in [-0.1, -0.05) is 29.3 Å². The van der Waals surface area contributed by atoms with Gasteiger partial charge in [-0.05, 0) is 56.3 Å². The standard InChI is InChI=1S/C27H28ClN5O3S/c28-26-12-11-25(37-26)23(34)10-7-20-19-33(30-29-20)22-9-8-21(32-15-5-2-6-27(32)35)18-24(22)36-17-16-31-13-3-1-4-14-31/h2,5-6,8-9,11-12,15,18-19H,1,3-4,7,10,13-14,16-17H2. The number of ether oxygens (including phenoxy) is 1. The molecule has 0 N–H and O–H groups in total. The summed E-state index contributed by atoms with van der Waals surface area (Å²) in [4.78, 5) is 27.9. The SMILES string of the molecule is O=C(CCc1cn(-c2ccc(-n3ccccc3=O)cc2OCCN2CCCCC2)nn1)c1ccc(Cl)s1. The number of likely N-dealkylation sites (tertiary alicyclic amines) is 1. The molecule has 0 unspecified atom stereocenters. The quantitative estimate of drug-likeness (QED) is 0.270. The Labute approximate surface area is 224 Å². The van der Waals surface area contributed by atoms with Crippen LogP contribution in [0.1, 0.15) is 41.0 Å². The van der Waals surface area contributed by atoms with Crippen molar-refractivity contribution >= 4 is 28.7 Å². The van der Waals surface area contributed by atoms with E-state index < -0.39 is 0 Å². The number of carbonyl (C=O) groups excluding carboxylic acids is 1. The first kappa shape index (κ1) is 25.4. The lowest BCUT2D eigenvalue weighted by atomic mass is 10.1. The summed E-state index contributed by atoms with van der Waals surface area (Å²) in [5.74, 6) is 0.650. The fourth-order valence-electron chi connectivity index (χ4n) is 4.43. The highest BCUT2D eigenvalue weighted by molar-refractivity contribution is 7.18. The predicted molar refractivity (Wildman–Crippen MR) is 145 cm³/mol. The number of Topliss-reactive ketones (excluding diaryl/α,β-unsaturated/α-hetero) is 1. The third-order valence-corrected chi connectivity index (χ3v) is 7.67. The Morgan fingerprint density at radius 3 is 2.73 bits per heavy atom. The van der Waals surface area contributed by atoms with Crippen molar-refractivity contribution in [3.05, 3.63) is 86.2 Å². The first-order valence-corrected chi connectivity index (χ1v) is 13.6. The number of pyridine rings is 1. The van der Waals surface area contributed by atoms with Gasteiger partial charge in [0.1, 0.15) is 18.0 Å². The Hall–Kier alpha value is -3.27. The fourth-order valence-corrected chi connectivity index (χ4v) is 5.44. The van der Waals surface area contributed by atoms with Crippen molar-refractivity contribution in [2.24, 2.45) is 0 Å². The molecule has 37 heavy (non-hydrogen) atoms. The number of piperidine rings is 1. The van der Waals surface area contributed by atoms with Crippen molar-refractivity contribution in [1.82, 2.24) is 24.5 Å². The Kier molecular flexibility index (Phi) is 8.13. The van der Waals surface area contributed by atoms with Crippen molar-refractivity contribution < 1.29 is 9.53 Å². The minimum absolute atomic E-state index is 0.0332. The van der Waals surface area contributed by atoms with Gasteiger partial charge < -0.3 is 4.74 Å². The molecular weight excluding hydrogens is 510 g/mol. The maximum atomic E-state index is 12.5. The number of aromatic nitrogens is 4. The number of rotatable bonds is 10. The molecule has 0 aliphatic carbocycles. The van der Waals surface area contributed by atoms with Crippen molar-refractivity contribution in [2.45, 2.75) is 32.1 Å². The molecule has 0 amide bonds. The van der Waals surface area contributed by atoms with E-state index in [9.17, 15) is 9.59 Å². The lowest BCUT2D eigenvalue weighted by molar-refractivity contribution is 0.0986. The molecule has 1 aliphatic heterocycles. The molecule has 1 aromatic carbocycles. The van der Waals surface area contributed by atoms with E-state index in [1.807, 2.05) is 30.5 Å². The second-order valence-electron chi connectivity index (χ2n) is 8.99. The molecule has 1 fully saturated rings. The summed E-state index contributed by atoms with van der Waals surface area (Å²) < 4.78 is 10.1. The van der Waals surface area contributed by atoms with Gasteiger partial charge in [-0.15, -0.1) is 16.4 Å². The molecule has 5 rings (SSSR count). The van der Waals surface area contributed by atoms with Crippen LogP contribution in [-0.2, 0) is 6.42 Å². The molecule has 0 bridgehead atoms. The summed E-state index contributed by atoms with van der Waals surface area (Å²) in [5, 5.41) is 8.57. The molecule has 0 radical (unpaired) electrons. The third kappa shape index (κ3) is 6.36. The predicted octanol–water partition coefficient (Wildman–Crippen LogP) is 4.81. The second-order valence-corrected chi connectivity index (χ2v) is 10.7. The molecule has 192 valence electrons. The molecule has 4 aromatic rings. The number of hydrogen-bond acceptors (Lipinski definition) is 7. The molecule has 0 spiro atoms. The van der Waals surface area contributed by atoms with Crippen molar-refractivity contribution in [3.63, 3.8) is 0 Å². The number of hydrogen-bond donors (Lipinski definition) is 0. The van der Waals surface area contributed by atoms with Gasteiger partial charge in [0.25, 0.3) is 5.56 Å². The van der Waals surface area contributed by atoms with Crippen molar-refractivity contribution in [3.8, 4) is 17.1 Å². The Bertz CT molecular complexity index is 1420. The Morgan fingerprint density at radius 1 is 1.08 bits per heavy atom. The van der Waals surface area contributed by atoms with Crippen molar-refractivity contribution in [1.29, 1.82) is 0 Å².